The fourth-order valence-electron chi connectivity index (χ4n) is 1.78. The number of aliphatic carboxylic acids is 1. The third kappa shape index (κ3) is 4.09. The van der Waals surface area contributed by atoms with Crippen LogP contribution in [0.25, 0.3) is 0 Å². The van der Waals surface area contributed by atoms with Gasteiger partial charge in [0.25, 0.3) is 0 Å². The van der Waals surface area contributed by atoms with Gasteiger partial charge >= 0.3 is 5.97 Å². The highest BCUT2D eigenvalue weighted by molar-refractivity contribution is 5.79. The number of aliphatic imine (C=N–C) groups is 1. The molecule has 20 heavy (non-hydrogen) atoms. The molecule has 0 aromatic rings. The maximum absolute atomic E-state index is 10.5. The fourth-order valence-corrected chi connectivity index (χ4v) is 1.78. The molecular weight excluding hydrogens is 270 g/mol. The molecule has 8 heteroatoms. The lowest BCUT2D eigenvalue weighted by Crippen LogP contribution is -2.33. The Morgan fingerprint density at radius 1 is 1.30 bits per heavy atom. The van der Waals surface area contributed by atoms with Crippen molar-refractivity contribution in [3.8, 4) is 0 Å². The zero-order valence-corrected chi connectivity index (χ0v) is 10.9. The number of carboxylic acids is 1. The second-order valence-electron chi connectivity index (χ2n) is 4.59. The summed E-state index contributed by atoms with van der Waals surface area (Å²) in [6, 6.07) is 0. The zero-order valence-electron chi connectivity index (χ0n) is 10.9. The molecule has 0 spiro atoms. The quantitative estimate of drug-likeness (QED) is 0.410. The average molecular weight is 289 g/mol. The molecule has 0 aliphatic carbocycles. The molecule has 0 bridgehead atoms. The summed E-state index contributed by atoms with van der Waals surface area (Å²) in [5, 5.41) is 43.6. The molecule has 3 unspecified atom stereocenters. The first kappa shape index (κ1) is 16.7. The maximum atomic E-state index is 10.5. The van der Waals surface area contributed by atoms with Crippen molar-refractivity contribution < 1.29 is 35.1 Å². The molecular formula is C12H19NO7. The molecule has 1 fully saturated rings. The van der Waals surface area contributed by atoms with Crippen molar-refractivity contribution in [3.63, 3.8) is 0 Å². The van der Waals surface area contributed by atoms with Crippen LogP contribution in [0.1, 0.15) is 6.92 Å². The van der Waals surface area contributed by atoms with E-state index in [1.54, 1.807) is 12.3 Å². The Balaban J connectivity index is 0.000000200. The number of hydrogen-bond acceptors (Lipinski definition) is 7. The Labute approximate surface area is 115 Å². The molecule has 114 valence electrons. The standard InChI is InChI=1S/C7H9NO2.C5H10O5/c1-5-4-8-3-2-6(5)7(9)10;6-1-2-3(7)4(8)5(9)10-2/h2-6H,1H3,(H,9,10);2-9H,1H2/t;2-,3-,4-,5?/m.1/s1. The molecule has 2 rings (SSSR count). The molecule has 1 saturated heterocycles. The van der Waals surface area contributed by atoms with Crippen LogP contribution >= 0.6 is 0 Å². The highest BCUT2D eigenvalue weighted by Gasteiger charge is 2.41. The molecule has 0 radical (unpaired) electrons. The average Bonchev–Trinajstić information content (AvgIpc) is 2.67. The lowest BCUT2D eigenvalue weighted by Gasteiger charge is -2.13. The van der Waals surface area contributed by atoms with Crippen LogP contribution in [0.2, 0.25) is 0 Å². The summed E-state index contributed by atoms with van der Waals surface area (Å²) in [6.45, 7) is 1.43. The molecule has 0 aromatic heterocycles. The Morgan fingerprint density at radius 2 is 1.95 bits per heavy atom. The van der Waals surface area contributed by atoms with Crippen LogP contribution in [0, 0.1) is 11.8 Å². The second-order valence-corrected chi connectivity index (χ2v) is 4.59. The van der Waals surface area contributed by atoms with Gasteiger partial charge in [-0.05, 0) is 0 Å². The first-order valence-corrected chi connectivity index (χ1v) is 6.11. The summed E-state index contributed by atoms with van der Waals surface area (Å²) in [6.07, 6.45) is 0.0270. The Hall–Kier alpha value is -1.32. The number of rotatable bonds is 2. The van der Waals surface area contributed by atoms with Gasteiger partial charge in [-0.2, -0.15) is 0 Å². The van der Waals surface area contributed by atoms with Gasteiger partial charge in [0.15, 0.2) is 6.29 Å². The fraction of sp³-hybridized carbons (Fsp3) is 0.667. The van der Waals surface area contributed by atoms with E-state index < -0.39 is 43.1 Å². The van der Waals surface area contributed by atoms with Crippen molar-refractivity contribution in [2.45, 2.75) is 31.5 Å². The molecule has 0 amide bonds. The number of aliphatic hydroxyl groups is 4. The van der Waals surface area contributed by atoms with Gasteiger partial charge in [-0.1, -0.05) is 13.0 Å². The van der Waals surface area contributed by atoms with Crippen LogP contribution < -0.4 is 0 Å². The van der Waals surface area contributed by atoms with Crippen molar-refractivity contribution in [2.24, 2.45) is 16.8 Å². The van der Waals surface area contributed by atoms with Gasteiger partial charge < -0.3 is 30.3 Å². The summed E-state index contributed by atoms with van der Waals surface area (Å²) in [4.78, 5) is 14.3. The minimum atomic E-state index is -1.38. The molecule has 5 N–H and O–H groups in total. The van der Waals surface area contributed by atoms with Crippen LogP contribution in [-0.2, 0) is 9.53 Å². The minimum absolute atomic E-state index is 0.0162. The van der Waals surface area contributed by atoms with Crippen molar-refractivity contribution in [1.82, 2.24) is 0 Å². The van der Waals surface area contributed by atoms with Gasteiger partial charge in [0.2, 0.25) is 0 Å². The molecule has 2 aliphatic rings. The van der Waals surface area contributed by atoms with Crippen LogP contribution in [-0.4, -0.2) is 68.9 Å². The van der Waals surface area contributed by atoms with E-state index in [1.807, 2.05) is 6.92 Å². The first-order valence-electron chi connectivity index (χ1n) is 6.11. The molecule has 2 heterocycles. The van der Waals surface area contributed by atoms with Gasteiger partial charge in [0.1, 0.15) is 18.3 Å². The van der Waals surface area contributed by atoms with Crippen molar-refractivity contribution >= 4 is 12.2 Å². The van der Waals surface area contributed by atoms with Crippen molar-refractivity contribution in [2.75, 3.05) is 6.61 Å². The molecule has 8 nitrogen and oxygen atoms in total. The van der Waals surface area contributed by atoms with Crippen LogP contribution in [0.4, 0.5) is 0 Å². The highest BCUT2D eigenvalue weighted by Crippen LogP contribution is 2.18. The lowest BCUT2D eigenvalue weighted by molar-refractivity contribution is -0.140. The Kier molecular flexibility index (Phi) is 6.24. The molecule has 0 saturated carbocycles. The van der Waals surface area contributed by atoms with Crippen molar-refractivity contribution in [3.05, 3.63) is 12.3 Å². The molecule has 6 atom stereocenters. The van der Waals surface area contributed by atoms with E-state index in [9.17, 15) is 4.79 Å². The summed E-state index contributed by atoms with van der Waals surface area (Å²) < 4.78 is 4.54. The zero-order chi connectivity index (χ0) is 15.3. The van der Waals surface area contributed by atoms with E-state index in [2.05, 4.69) is 9.73 Å². The smallest absolute Gasteiger partial charge is 0.311 e. The lowest BCUT2D eigenvalue weighted by atomic mass is 9.94. The highest BCUT2D eigenvalue weighted by atomic mass is 16.6. The molecule has 0 aromatic carbocycles. The summed E-state index contributed by atoms with van der Waals surface area (Å²) in [5.41, 5.74) is 0. The van der Waals surface area contributed by atoms with E-state index in [0.29, 0.717) is 0 Å². The van der Waals surface area contributed by atoms with E-state index in [0.717, 1.165) is 0 Å². The summed E-state index contributed by atoms with van der Waals surface area (Å²) in [5.74, 6) is -1.16. The van der Waals surface area contributed by atoms with Crippen molar-refractivity contribution in [1.29, 1.82) is 0 Å². The van der Waals surface area contributed by atoms with E-state index >= 15 is 0 Å². The van der Waals surface area contributed by atoms with E-state index in [4.69, 9.17) is 25.5 Å². The maximum Gasteiger partial charge on any atom is 0.311 e. The number of carbonyl (C=O) groups is 1. The van der Waals surface area contributed by atoms with E-state index in [1.165, 1.54) is 6.20 Å². The van der Waals surface area contributed by atoms with Gasteiger partial charge in [-0.3, -0.25) is 9.79 Å². The number of aliphatic hydroxyl groups excluding tert-OH is 4. The molecule has 2 aliphatic heterocycles. The second kappa shape index (κ2) is 7.46. The Bertz CT molecular complexity index is 384. The monoisotopic (exact) mass is 289 g/mol. The SMILES string of the molecule is CC1C=NC=CC1C(=O)O.OC[C@H]1OC(O)[C@H](O)[C@@H]1O. The van der Waals surface area contributed by atoms with Crippen LogP contribution in [0.3, 0.4) is 0 Å². The third-order valence-electron chi connectivity index (χ3n) is 3.07. The van der Waals surface area contributed by atoms with Gasteiger partial charge in [-0.15, -0.1) is 0 Å². The largest absolute Gasteiger partial charge is 0.481 e. The third-order valence-corrected chi connectivity index (χ3v) is 3.07. The first-order chi connectivity index (χ1) is 9.38. The minimum Gasteiger partial charge on any atom is -0.481 e. The van der Waals surface area contributed by atoms with E-state index in [-0.39, 0.29) is 5.92 Å². The number of hydrogen-bond donors (Lipinski definition) is 5. The topological polar surface area (TPSA) is 140 Å². The van der Waals surface area contributed by atoms with Gasteiger partial charge in [0.05, 0.1) is 12.5 Å². The number of carboxylic acid groups (broad SMARTS) is 1. The number of nitrogens with zero attached hydrogens (tertiary/aromatic N) is 1. The summed E-state index contributed by atoms with van der Waals surface area (Å²) >= 11 is 0. The van der Waals surface area contributed by atoms with Crippen LogP contribution in [0.15, 0.2) is 17.3 Å². The number of ether oxygens (including phenoxy) is 1. The van der Waals surface area contributed by atoms with Gasteiger partial charge in [-0.25, -0.2) is 0 Å². The predicted octanol–water partition coefficient (Wildman–Crippen LogP) is -1.66. The van der Waals surface area contributed by atoms with Crippen LogP contribution in [0.5, 0.6) is 0 Å². The Morgan fingerprint density at radius 3 is 2.25 bits per heavy atom. The van der Waals surface area contributed by atoms with Gasteiger partial charge in [0, 0.05) is 18.3 Å². The normalized spacial score (nSPS) is 39.2. The summed E-state index contributed by atoms with van der Waals surface area (Å²) in [7, 11) is 0. The predicted molar refractivity (Wildman–Crippen MR) is 67.9 cm³/mol.